The van der Waals surface area contributed by atoms with Crippen molar-refractivity contribution in [1.82, 2.24) is 14.6 Å². The average Bonchev–Trinajstić information content (AvgIpc) is 3.23. The third kappa shape index (κ3) is 3.24. The van der Waals surface area contributed by atoms with E-state index in [9.17, 15) is 4.79 Å². The minimum atomic E-state index is -0.217. The number of aryl methyl sites for hydroxylation is 2. The summed E-state index contributed by atoms with van der Waals surface area (Å²) in [6.45, 7) is 6.54. The van der Waals surface area contributed by atoms with Crippen molar-refractivity contribution in [2.45, 2.75) is 26.9 Å². The van der Waals surface area contributed by atoms with Gasteiger partial charge in [0.15, 0.2) is 23.4 Å². The number of carbonyl (C=O) groups is 1. The van der Waals surface area contributed by atoms with Gasteiger partial charge in [-0.2, -0.15) is 0 Å². The Morgan fingerprint density at radius 2 is 1.96 bits per heavy atom. The zero-order valence-corrected chi connectivity index (χ0v) is 16.4. The van der Waals surface area contributed by atoms with Crippen LogP contribution in [0, 0.1) is 20.8 Å². The van der Waals surface area contributed by atoms with Crippen molar-refractivity contribution in [2.24, 2.45) is 0 Å². The molecule has 0 radical (unpaired) electrons. The normalized spacial score (nSPS) is 15.5. The van der Waals surface area contributed by atoms with E-state index < -0.39 is 0 Å². The van der Waals surface area contributed by atoms with Gasteiger partial charge in [-0.1, -0.05) is 17.3 Å². The second kappa shape index (κ2) is 7.07. The van der Waals surface area contributed by atoms with Gasteiger partial charge in [0.25, 0.3) is 5.91 Å². The molecule has 7 nitrogen and oxygen atoms in total. The summed E-state index contributed by atoms with van der Waals surface area (Å²) in [5.41, 5.74) is 2.39. The second-order valence-electron chi connectivity index (χ2n) is 7.10. The van der Waals surface area contributed by atoms with Crippen molar-refractivity contribution in [3.05, 3.63) is 59.1 Å². The fraction of sp³-hybridized carbons (Fsp3) is 0.333. The van der Waals surface area contributed by atoms with E-state index in [1.165, 1.54) is 0 Å². The number of para-hydroxylation sites is 2. The van der Waals surface area contributed by atoms with Gasteiger partial charge in [-0.15, -0.1) is 0 Å². The second-order valence-corrected chi connectivity index (χ2v) is 7.10. The predicted molar refractivity (Wildman–Crippen MR) is 103 cm³/mol. The molecule has 0 bridgehead atoms. The van der Waals surface area contributed by atoms with E-state index in [0.29, 0.717) is 30.3 Å². The number of likely N-dealkylation sites (N-methyl/N-ethyl adjacent to an activating group) is 1. The van der Waals surface area contributed by atoms with E-state index in [2.05, 4.69) is 5.16 Å². The third-order valence-corrected chi connectivity index (χ3v) is 4.90. The zero-order chi connectivity index (χ0) is 19.8. The van der Waals surface area contributed by atoms with Crippen LogP contribution in [-0.2, 0) is 0 Å². The predicted octanol–water partition coefficient (Wildman–Crippen LogP) is 3.30. The molecule has 7 heteroatoms. The Hall–Kier alpha value is -3.22. The lowest BCUT2D eigenvalue weighted by Gasteiger charge is -2.29. The minimum absolute atomic E-state index is 0.0676. The van der Waals surface area contributed by atoms with Crippen LogP contribution >= 0.6 is 0 Å². The number of hydrogen-bond donors (Lipinski definition) is 0. The Labute approximate surface area is 163 Å². The highest BCUT2D eigenvalue weighted by Gasteiger charge is 2.26. The van der Waals surface area contributed by atoms with Gasteiger partial charge in [-0.3, -0.25) is 9.36 Å². The van der Waals surface area contributed by atoms with E-state index in [1.807, 2.05) is 61.7 Å². The number of rotatable bonds is 4. The van der Waals surface area contributed by atoms with Gasteiger partial charge >= 0.3 is 0 Å². The maximum atomic E-state index is 13.1. The zero-order valence-electron chi connectivity index (χ0n) is 16.4. The number of benzene rings is 1. The summed E-state index contributed by atoms with van der Waals surface area (Å²) in [6.07, 6.45) is -0.217. The molecule has 146 valence electrons. The first-order chi connectivity index (χ1) is 13.4. The van der Waals surface area contributed by atoms with Crippen LogP contribution in [0.3, 0.4) is 0 Å². The molecule has 0 saturated carbocycles. The largest absolute Gasteiger partial charge is 0.486 e. The topological polar surface area (TPSA) is 69.7 Å². The quantitative estimate of drug-likeness (QED) is 0.694. The molecule has 0 unspecified atom stereocenters. The van der Waals surface area contributed by atoms with Crippen LogP contribution in [-0.4, -0.2) is 46.8 Å². The van der Waals surface area contributed by atoms with Gasteiger partial charge < -0.3 is 18.9 Å². The molecule has 1 aliphatic heterocycles. The number of ether oxygens (including phenoxy) is 2. The molecule has 0 fully saturated rings. The minimum Gasteiger partial charge on any atom is -0.486 e. The highest BCUT2D eigenvalue weighted by atomic mass is 16.6. The Morgan fingerprint density at radius 3 is 2.68 bits per heavy atom. The highest BCUT2D eigenvalue weighted by Crippen LogP contribution is 2.31. The van der Waals surface area contributed by atoms with Gasteiger partial charge in [-0.05, 0) is 39.0 Å². The third-order valence-electron chi connectivity index (χ3n) is 4.90. The molecule has 2 aromatic heterocycles. The van der Waals surface area contributed by atoms with Crippen LogP contribution in [0.1, 0.15) is 27.5 Å². The number of hydrogen-bond acceptors (Lipinski definition) is 5. The van der Waals surface area contributed by atoms with Crippen LogP contribution in [0.15, 0.2) is 40.9 Å². The summed E-state index contributed by atoms with van der Waals surface area (Å²) in [5.74, 6) is 2.78. The van der Waals surface area contributed by atoms with E-state index in [0.717, 1.165) is 22.9 Å². The number of aromatic nitrogens is 2. The van der Waals surface area contributed by atoms with Crippen molar-refractivity contribution in [3.8, 4) is 17.3 Å². The van der Waals surface area contributed by atoms with Crippen LogP contribution in [0.5, 0.6) is 11.5 Å². The molecule has 1 aliphatic rings. The molecule has 28 heavy (non-hydrogen) atoms. The van der Waals surface area contributed by atoms with Crippen LogP contribution in [0.2, 0.25) is 0 Å². The van der Waals surface area contributed by atoms with Crippen molar-refractivity contribution in [2.75, 3.05) is 20.2 Å². The molecule has 0 aliphatic carbocycles. The van der Waals surface area contributed by atoms with Gasteiger partial charge in [0.2, 0.25) is 0 Å². The first kappa shape index (κ1) is 18.2. The van der Waals surface area contributed by atoms with Gasteiger partial charge in [-0.25, -0.2) is 0 Å². The van der Waals surface area contributed by atoms with E-state index >= 15 is 0 Å². The maximum absolute atomic E-state index is 13.1. The number of amides is 1. The Kier molecular flexibility index (Phi) is 4.58. The van der Waals surface area contributed by atoms with Gasteiger partial charge in [0.05, 0.1) is 12.1 Å². The first-order valence-electron chi connectivity index (χ1n) is 9.20. The summed E-state index contributed by atoms with van der Waals surface area (Å²) in [4.78, 5) is 14.7. The first-order valence-corrected chi connectivity index (χ1v) is 9.20. The summed E-state index contributed by atoms with van der Waals surface area (Å²) in [7, 11) is 1.78. The molecule has 3 heterocycles. The Morgan fingerprint density at radius 1 is 1.21 bits per heavy atom. The molecular formula is C21H23N3O4. The van der Waals surface area contributed by atoms with Crippen molar-refractivity contribution in [3.63, 3.8) is 0 Å². The van der Waals surface area contributed by atoms with Gasteiger partial charge in [0.1, 0.15) is 12.4 Å². The Balaban J connectivity index is 1.50. The fourth-order valence-electron chi connectivity index (χ4n) is 3.54. The molecule has 1 atom stereocenters. The van der Waals surface area contributed by atoms with Crippen molar-refractivity contribution < 1.29 is 18.8 Å². The molecule has 0 saturated heterocycles. The molecule has 3 aromatic rings. The van der Waals surface area contributed by atoms with Crippen LogP contribution < -0.4 is 9.47 Å². The average molecular weight is 381 g/mol. The molecule has 1 amide bonds. The fourth-order valence-corrected chi connectivity index (χ4v) is 3.54. The van der Waals surface area contributed by atoms with Gasteiger partial charge in [0, 0.05) is 24.5 Å². The van der Waals surface area contributed by atoms with E-state index in [-0.39, 0.29) is 12.0 Å². The summed E-state index contributed by atoms with van der Waals surface area (Å²) < 4.78 is 18.8. The summed E-state index contributed by atoms with van der Waals surface area (Å²) in [5, 5.41) is 4.07. The number of carbonyl (C=O) groups excluding carboxylic acids is 1. The lowest BCUT2D eigenvalue weighted by Crippen LogP contribution is -2.41. The van der Waals surface area contributed by atoms with Crippen LogP contribution in [0.25, 0.3) is 5.82 Å². The monoisotopic (exact) mass is 381 g/mol. The highest BCUT2D eigenvalue weighted by molar-refractivity contribution is 5.95. The van der Waals surface area contributed by atoms with E-state index in [4.69, 9.17) is 14.0 Å². The SMILES string of the molecule is Cc1cc(-n2c(C)cc(C(=O)N(C)C[C@@H]3COc4ccccc4O3)c2C)no1. The Bertz CT molecular complexity index is 1020. The molecule has 1 aromatic carbocycles. The lowest BCUT2D eigenvalue weighted by molar-refractivity contribution is 0.0520. The number of nitrogens with zero attached hydrogens (tertiary/aromatic N) is 3. The summed E-state index contributed by atoms with van der Waals surface area (Å²) >= 11 is 0. The summed E-state index contributed by atoms with van der Waals surface area (Å²) in [6, 6.07) is 11.3. The molecule has 0 spiro atoms. The molecular weight excluding hydrogens is 358 g/mol. The molecule has 4 rings (SSSR count). The smallest absolute Gasteiger partial charge is 0.255 e. The maximum Gasteiger partial charge on any atom is 0.255 e. The standard InChI is InChI=1S/C21H23N3O4/c1-13-9-17(15(3)24(13)20-10-14(2)28-22-20)21(25)23(4)11-16-12-26-18-7-5-6-8-19(18)27-16/h5-10,16H,11-12H2,1-4H3/t16-/m1/s1. The van der Waals surface area contributed by atoms with Crippen LogP contribution in [0.4, 0.5) is 0 Å². The van der Waals surface area contributed by atoms with Crippen molar-refractivity contribution >= 4 is 5.91 Å². The number of fused-ring (bicyclic) bond motifs is 1. The van der Waals surface area contributed by atoms with Crippen molar-refractivity contribution in [1.29, 1.82) is 0 Å². The lowest BCUT2D eigenvalue weighted by atomic mass is 10.2. The van der Waals surface area contributed by atoms with E-state index in [1.54, 1.807) is 11.9 Å². The molecule has 0 N–H and O–H groups in total.